The van der Waals surface area contributed by atoms with Gasteiger partial charge in [-0.25, -0.2) is 0 Å². The molecule has 1 aromatic rings. The summed E-state index contributed by atoms with van der Waals surface area (Å²) in [5, 5.41) is 14.5. The van der Waals surface area contributed by atoms with Gasteiger partial charge in [-0.1, -0.05) is 26.7 Å². The number of nitro benzene ring substituents is 1. The van der Waals surface area contributed by atoms with Gasteiger partial charge in [0.25, 0.3) is 11.6 Å². The Labute approximate surface area is 152 Å². The molecular weight excluding hydrogens is 340 g/mol. The third kappa shape index (κ3) is 4.88. The average Bonchev–Trinajstić information content (AvgIpc) is 2.56. The molecule has 3 atom stereocenters. The lowest BCUT2D eigenvalue weighted by Gasteiger charge is -2.35. The number of thiocarbonyl (C=S) groups is 1. The maximum Gasteiger partial charge on any atom is 0.272 e. The zero-order valence-corrected chi connectivity index (χ0v) is 15.5. The van der Waals surface area contributed by atoms with Gasteiger partial charge in [0.1, 0.15) is 0 Å². The number of hydrogen-bond donors (Lipinski definition) is 3. The molecular formula is C17H24N4O3S. The number of hydrazine groups is 1. The maximum absolute atomic E-state index is 12.2. The molecule has 0 saturated heterocycles. The zero-order valence-electron chi connectivity index (χ0n) is 14.7. The summed E-state index contributed by atoms with van der Waals surface area (Å²) < 4.78 is 0. The molecule has 136 valence electrons. The molecule has 0 aromatic heterocycles. The van der Waals surface area contributed by atoms with Crippen LogP contribution in [0.25, 0.3) is 0 Å². The Bertz CT molecular complexity index is 680. The monoisotopic (exact) mass is 364 g/mol. The van der Waals surface area contributed by atoms with Gasteiger partial charge in [0.15, 0.2) is 5.11 Å². The number of carbonyl (C=O) groups is 1. The van der Waals surface area contributed by atoms with Crippen molar-refractivity contribution in [2.75, 3.05) is 0 Å². The van der Waals surface area contributed by atoms with Gasteiger partial charge in [0.2, 0.25) is 0 Å². The highest BCUT2D eigenvalue weighted by Crippen LogP contribution is 2.29. The fraction of sp³-hybridized carbons (Fsp3) is 0.529. The molecule has 0 spiro atoms. The molecule has 1 saturated carbocycles. The fourth-order valence-electron chi connectivity index (χ4n) is 3.18. The Kier molecular flexibility index (Phi) is 6.30. The first-order valence-corrected chi connectivity index (χ1v) is 8.82. The molecule has 1 aliphatic rings. The largest absolute Gasteiger partial charge is 0.358 e. The van der Waals surface area contributed by atoms with E-state index >= 15 is 0 Å². The zero-order chi connectivity index (χ0) is 18.6. The molecule has 0 heterocycles. The third-order valence-corrected chi connectivity index (χ3v) is 5.19. The van der Waals surface area contributed by atoms with Crippen molar-refractivity contribution in [1.29, 1.82) is 0 Å². The average molecular weight is 364 g/mol. The number of nitro groups is 1. The molecule has 25 heavy (non-hydrogen) atoms. The van der Waals surface area contributed by atoms with Gasteiger partial charge in [-0.05, 0) is 49.5 Å². The highest BCUT2D eigenvalue weighted by molar-refractivity contribution is 7.80. The number of nitrogens with zero attached hydrogens (tertiary/aromatic N) is 1. The van der Waals surface area contributed by atoms with Gasteiger partial charge in [-0.15, -0.1) is 0 Å². The summed E-state index contributed by atoms with van der Waals surface area (Å²) in [6.45, 7) is 6.05. The Hall–Kier alpha value is -2.22. The van der Waals surface area contributed by atoms with Crippen LogP contribution in [-0.4, -0.2) is 22.0 Å². The van der Waals surface area contributed by atoms with Gasteiger partial charge < -0.3 is 5.32 Å². The van der Waals surface area contributed by atoms with Crippen molar-refractivity contribution in [3.05, 3.63) is 39.4 Å². The summed E-state index contributed by atoms with van der Waals surface area (Å²) >= 11 is 5.25. The molecule has 1 aliphatic carbocycles. The van der Waals surface area contributed by atoms with E-state index in [0.717, 1.165) is 6.42 Å². The van der Waals surface area contributed by atoms with Crippen molar-refractivity contribution in [2.45, 2.75) is 46.1 Å². The SMILES string of the molecule is Cc1cc(C(=O)NNC(=S)N[C@H]2CCC[C@H](C)[C@@H]2C)ccc1[N+](=O)[O-]. The Morgan fingerprint density at radius 1 is 1.28 bits per heavy atom. The quantitative estimate of drug-likeness (QED) is 0.434. The van der Waals surface area contributed by atoms with Gasteiger partial charge in [-0.2, -0.15) is 0 Å². The Morgan fingerprint density at radius 2 is 2.00 bits per heavy atom. The molecule has 3 N–H and O–H groups in total. The number of benzene rings is 1. The Morgan fingerprint density at radius 3 is 2.64 bits per heavy atom. The summed E-state index contributed by atoms with van der Waals surface area (Å²) in [4.78, 5) is 22.5. The van der Waals surface area contributed by atoms with Crippen LogP contribution in [0.15, 0.2) is 18.2 Å². The summed E-state index contributed by atoms with van der Waals surface area (Å²) in [7, 11) is 0. The summed E-state index contributed by atoms with van der Waals surface area (Å²) in [5.41, 5.74) is 5.99. The van der Waals surface area contributed by atoms with E-state index in [4.69, 9.17) is 12.2 Å². The normalized spacial score (nSPS) is 22.8. The maximum atomic E-state index is 12.2. The lowest BCUT2D eigenvalue weighted by Crippen LogP contribution is -2.52. The second-order valence-corrected chi connectivity index (χ2v) is 7.09. The second kappa shape index (κ2) is 8.24. The van der Waals surface area contributed by atoms with Gasteiger partial charge in [0.05, 0.1) is 4.92 Å². The number of hydrogen-bond acceptors (Lipinski definition) is 4. The Balaban J connectivity index is 1.88. The molecule has 7 nitrogen and oxygen atoms in total. The first-order chi connectivity index (χ1) is 11.8. The molecule has 0 aliphatic heterocycles. The van der Waals surface area contributed by atoms with E-state index in [-0.39, 0.29) is 5.69 Å². The van der Waals surface area contributed by atoms with E-state index in [9.17, 15) is 14.9 Å². The predicted octanol–water partition coefficient (Wildman–Crippen LogP) is 2.84. The standard InChI is InChI=1S/C17H24N4O3S/c1-10-5-4-6-14(12(10)3)18-17(25)20-19-16(22)13-7-8-15(21(23)24)11(2)9-13/h7-10,12,14H,4-6H2,1-3H3,(H,19,22)(H2,18,20,25)/t10-,12-,14-/m0/s1. The van der Waals surface area contributed by atoms with Gasteiger partial charge >= 0.3 is 0 Å². The number of aryl methyl sites for hydroxylation is 1. The first-order valence-electron chi connectivity index (χ1n) is 8.41. The second-order valence-electron chi connectivity index (χ2n) is 6.68. The molecule has 1 fully saturated rings. The van der Waals surface area contributed by atoms with Crippen LogP contribution in [0.2, 0.25) is 0 Å². The van der Waals surface area contributed by atoms with E-state index in [1.54, 1.807) is 6.92 Å². The molecule has 2 rings (SSSR count). The number of rotatable bonds is 3. The summed E-state index contributed by atoms with van der Waals surface area (Å²) in [6.07, 6.45) is 3.46. The van der Waals surface area contributed by atoms with Crippen molar-refractivity contribution < 1.29 is 9.72 Å². The van der Waals surface area contributed by atoms with Crippen molar-refractivity contribution in [2.24, 2.45) is 11.8 Å². The molecule has 0 radical (unpaired) electrons. The molecule has 0 bridgehead atoms. The van der Waals surface area contributed by atoms with Crippen LogP contribution in [0.3, 0.4) is 0 Å². The predicted molar refractivity (Wildman–Crippen MR) is 100 cm³/mol. The lowest BCUT2D eigenvalue weighted by molar-refractivity contribution is -0.385. The smallest absolute Gasteiger partial charge is 0.272 e. The summed E-state index contributed by atoms with van der Waals surface area (Å²) in [5.74, 6) is 0.764. The van der Waals surface area contributed by atoms with Crippen molar-refractivity contribution in [3.63, 3.8) is 0 Å². The first kappa shape index (κ1) is 19.1. The van der Waals surface area contributed by atoms with Crippen LogP contribution in [0.1, 0.15) is 49.0 Å². The third-order valence-electron chi connectivity index (χ3n) is 4.97. The topological polar surface area (TPSA) is 96.3 Å². The van der Waals surface area contributed by atoms with Crippen LogP contribution < -0.4 is 16.2 Å². The van der Waals surface area contributed by atoms with E-state index in [2.05, 4.69) is 30.0 Å². The van der Waals surface area contributed by atoms with Crippen molar-refractivity contribution in [3.8, 4) is 0 Å². The van der Waals surface area contributed by atoms with Gasteiger partial charge in [0, 0.05) is 23.2 Å². The minimum absolute atomic E-state index is 0.0119. The molecule has 1 amide bonds. The molecule has 8 heteroatoms. The van der Waals surface area contributed by atoms with E-state index in [1.165, 1.54) is 31.0 Å². The number of carbonyl (C=O) groups excluding carboxylic acids is 1. The van der Waals surface area contributed by atoms with Crippen LogP contribution >= 0.6 is 12.2 Å². The fourth-order valence-corrected chi connectivity index (χ4v) is 3.38. The van der Waals surface area contributed by atoms with E-state index in [0.29, 0.717) is 34.1 Å². The van der Waals surface area contributed by atoms with Crippen LogP contribution in [0.4, 0.5) is 5.69 Å². The summed E-state index contributed by atoms with van der Waals surface area (Å²) in [6, 6.07) is 4.52. The highest BCUT2D eigenvalue weighted by Gasteiger charge is 2.27. The van der Waals surface area contributed by atoms with Gasteiger partial charge in [-0.3, -0.25) is 25.8 Å². The van der Waals surface area contributed by atoms with Crippen LogP contribution in [0.5, 0.6) is 0 Å². The molecule has 1 aromatic carbocycles. The van der Waals surface area contributed by atoms with E-state index < -0.39 is 10.8 Å². The number of amides is 1. The van der Waals surface area contributed by atoms with E-state index in [1.807, 2.05) is 0 Å². The minimum atomic E-state index is -0.472. The van der Waals surface area contributed by atoms with Crippen LogP contribution in [0, 0.1) is 28.9 Å². The minimum Gasteiger partial charge on any atom is -0.358 e. The van der Waals surface area contributed by atoms with Crippen molar-refractivity contribution in [1.82, 2.24) is 16.2 Å². The highest BCUT2D eigenvalue weighted by atomic mass is 32.1. The lowest BCUT2D eigenvalue weighted by atomic mass is 9.78. The molecule has 0 unspecified atom stereocenters. The van der Waals surface area contributed by atoms with Crippen LogP contribution in [-0.2, 0) is 0 Å². The van der Waals surface area contributed by atoms with Crippen molar-refractivity contribution >= 4 is 28.9 Å². The number of nitrogens with one attached hydrogen (secondary N) is 3.